The van der Waals surface area contributed by atoms with Gasteiger partial charge in [0, 0.05) is 28.6 Å². The molecule has 1 atom stereocenters. The smallest absolute Gasteiger partial charge is 0.336 e. The molecule has 2 aromatic rings. The van der Waals surface area contributed by atoms with E-state index in [1.165, 1.54) is 6.07 Å². The van der Waals surface area contributed by atoms with Crippen molar-refractivity contribution >= 4 is 16.9 Å². The average Bonchev–Trinajstić information content (AvgIpc) is 3.26. The maximum absolute atomic E-state index is 11.9. The van der Waals surface area contributed by atoms with Crippen molar-refractivity contribution in [3.63, 3.8) is 0 Å². The van der Waals surface area contributed by atoms with Gasteiger partial charge < -0.3 is 19.7 Å². The second-order valence-corrected chi connectivity index (χ2v) is 6.33. The Morgan fingerprint density at radius 2 is 2.17 bits per heavy atom. The first-order valence-electron chi connectivity index (χ1n) is 7.80. The fraction of sp³-hybridized carbons (Fsp3) is 0.412. The molecule has 0 saturated heterocycles. The minimum absolute atomic E-state index is 0.0334. The normalized spacial score (nSPS) is 15.6. The number of hydrogen-bond donors (Lipinski definition) is 3. The zero-order valence-electron chi connectivity index (χ0n) is 13.3. The lowest BCUT2D eigenvalue weighted by Gasteiger charge is -2.15. The number of aromatic hydroxyl groups is 1. The molecule has 1 amide bonds. The van der Waals surface area contributed by atoms with Gasteiger partial charge in [0.1, 0.15) is 17.9 Å². The number of carbonyl (C=O) groups excluding carboxylic acids is 1. The van der Waals surface area contributed by atoms with Crippen molar-refractivity contribution < 1.29 is 19.2 Å². The molecule has 1 unspecified atom stereocenters. The van der Waals surface area contributed by atoms with Crippen LogP contribution in [0.15, 0.2) is 27.4 Å². The first-order valence-corrected chi connectivity index (χ1v) is 7.80. The fourth-order valence-corrected chi connectivity index (χ4v) is 2.73. The zero-order valence-corrected chi connectivity index (χ0v) is 13.3. The Labute approximate surface area is 133 Å². The topological polar surface area (TPSA) is 84.0 Å². The van der Waals surface area contributed by atoms with Gasteiger partial charge >= 0.3 is 5.63 Å². The summed E-state index contributed by atoms with van der Waals surface area (Å²) < 4.78 is 5.23. The third kappa shape index (κ3) is 3.53. The lowest BCUT2D eigenvalue weighted by molar-refractivity contribution is -0.885. The minimum Gasteiger partial charge on any atom is -0.508 e. The van der Waals surface area contributed by atoms with Crippen LogP contribution in [0.25, 0.3) is 11.0 Å². The van der Waals surface area contributed by atoms with Gasteiger partial charge in [0.15, 0.2) is 6.54 Å². The third-order valence-electron chi connectivity index (χ3n) is 4.12. The van der Waals surface area contributed by atoms with Gasteiger partial charge in [0.25, 0.3) is 5.91 Å². The summed E-state index contributed by atoms with van der Waals surface area (Å²) in [6.45, 7) is 2.60. The molecule has 1 fully saturated rings. The highest BCUT2D eigenvalue weighted by molar-refractivity contribution is 5.84. The van der Waals surface area contributed by atoms with Crippen LogP contribution in [-0.4, -0.2) is 30.6 Å². The van der Waals surface area contributed by atoms with Crippen molar-refractivity contribution in [3.05, 3.63) is 39.7 Å². The average molecular weight is 317 g/mol. The molecule has 1 aliphatic rings. The van der Waals surface area contributed by atoms with E-state index in [1.54, 1.807) is 19.1 Å². The van der Waals surface area contributed by atoms with Gasteiger partial charge in [-0.3, -0.25) is 4.79 Å². The van der Waals surface area contributed by atoms with Crippen molar-refractivity contribution in [2.24, 2.45) is 0 Å². The van der Waals surface area contributed by atoms with Gasteiger partial charge in [-0.05, 0) is 31.9 Å². The molecule has 6 heteroatoms. The number of phenolic OH excluding ortho intramolecular Hbond substituents is 1. The Bertz CT molecular complexity index is 808. The molecule has 1 aliphatic carbocycles. The van der Waals surface area contributed by atoms with Gasteiger partial charge in [-0.2, -0.15) is 0 Å². The van der Waals surface area contributed by atoms with Gasteiger partial charge in [-0.25, -0.2) is 4.79 Å². The largest absolute Gasteiger partial charge is 0.508 e. The highest BCUT2D eigenvalue weighted by Gasteiger charge is 2.24. The molecule has 3 rings (SSSR count). The van der Waals surface area contributed by atoms with E-state index >= 15 is 0 Å². The number of benzene rings is 1. The number of nitrogens with one attached hydrogen (secondary N) is 2. The summed E-state index contributed by atoms with van der Waals surface area (Å²) in [6, 6.07) is 5.15. The molecule has 0 spiro atoms. The monoisotopic (exact) mass is 317 g/mol. The maximum atomic E-state index is 11.9. The van der Waals surface area contributed by atoms with Crippen LogP contribution in [0.1, 0.15) is 24.0 Å². The Kier molecular flexibility index (Phi) is 4.09. The standard InChI is InChI=1S/C17H20N2O4/c1-10-14(20)6-5-13-11(7-16(22)23-17(10)13)8-19(2)9-15(21)18-12-3-4-12/h5-7,12,20H,3-4,8-9H2,1-2H3,(H,18,21)/p+1. The van der Waals surface area contributed by atoms with Crippen LogP contribution in [0.5, 0.6) is 5.75 Å². The van der Waals surface area contributed by atoms with E-state index < -0.39 is 5.63 Å². The number of likely N-dealkylation sites (N-methyl/N-ethyl adjacent to an activating group) is 1. The van der Waals surface area contributed by atoms with E-state index in [0.717, 1.165) is 28.7 Å². The van der Waals surface area contributed by atoms with Crippen molar-refractivity contribution in [1.82, 2.24) is 5.32 Å². The number of quaternary nitrogens is 1. The Morgan fingerprint density at radius 3 is 2.87 bits per heavy atom. The second kappa shape index (κ2) is 6.04. The summed E-state index contributed by atoms with van der Waals surface area (Å²) >= 11 is 0. The molecular formula is C17H21N2O4+. The SMILES string of the molecule is Cc1c(O)ccc2c(C[NH+](C)CC(=O)NC3CC3)cc(=O)oc12. The number of hydrogen-bond acceptors (Lipinski definition) is 4. The van der Waals surface area contributed by atoms with Gasteiger partial charge in [-0.15, -0.1) is 0 Å². The highest BCUT2D eigenvalue weighted by Crippen LogP contribution is 2.27. The van der Waals surface area contributed by atoms with Crippen LogP contribution < -0.4 is 15.8 Å². The molecule has 6 nitrogen and oxygen atoms in total. The number of fused-ring (bicyclic) bond motifs is 1. The summed E-state index contributed by atoms with van der Waals surface area (Å²) in [4.78, 5) is 24.7. The van der Waals surface area contributed by atoms with Crippen molar-refractivity contribution in [3.8, 4) is 5.75 Å². The number of phenols is 1. The summed E-state index contributed by atoms with van der Waals surface area (Å²) in [7, 11) is 1.92. The Balaban J connectivity index is 1.82. The van der Waals surface area contributed by atoms with Crippen LogP contribution in [0, 0.1) is 6.92 Å². The van der Waals surface area contributed by atoms with Crippen molar-refractivity contribution in [2.75, 3.05) is 13.6 Å². The van der Waals surface area contributed by atoms with Crippen LogP contribution in [0.4, 0.5) is 0 Å². The van der Waals surface area contributed by atoms with Crippen LogP contribution in [0.3, 0.4) is 0 Å². The van der Waals surface area contributed by atoms with E-state index in [1.807, 2.05) is 7.05 Å². The molecule has 1 aromatic carbocycles. The second-order valence-electron chi connectivity index (χ2n) is 6.33. The predicted molar refractivity (Wildman–Crippen MR) is 85.5 cm³/mol. The maximum Gasteiger partial charge on any atom is 0.336 e. The van der Waals surface area contributed by atoms with E-state index in [-0.39, 0.29) is 11.7 Å². The minimum atomic E-state index is -0.448. The van der Waals surface area contributed by atoms with Crippen LogP contribution in [-0.2, 0) is 11.3 Å². The Morgan fingerprint density at radius 1 is 1.43 bits per heavy atom. The molecule has 1 saturated carbocycles. The van der Waals surface area contributed by atoms with Crippen LogP contribution >= 0.6 is 0 Å². The number of aryl methyl sites for hydroxylation is 1. The fourth-order valence-electron chi connectivity index (χ4n) is 2.73. The van der Waals surface area contributed by atoms with E-state index in [2.05, 4.69) is 5.32 Å². The van der Waals surface area contributed by atoms with E-state index in [9.17, 15) is 14.7 Å². The molecular weight excluding hydrogens is 296 g/mol. The van der Waals surface area contributed by atoms with Gasteiger partial charge in [-0.1, -0.05) is 0 Å². The molecule has 0 radical (unpaired) electrons. The molecule has 0 bridgehead atoms. The van der Waals surface area contributed by atoms with Crippen LogP contribution in [0.2, 0.25) is 0 Å². The first kappa shape index (κ1) is 15.6. The summed E-state index contributed by atoms with van der Waals surface area (Å²) in [6.07, 6.45) is 2.13. The summed E-state index contributed by atoms with van der Waals surface area (Å²) in [5.41, 5.74) is 1.32. The Hall–Kier alpha value is -2.34. The number of amides is 1. The quantitative estimate of drug-likeness (QED) is 0.683. The molecule has 1 heterocycles. The predicted octanol–water partition coefficient (Wildman–Crippen LogP) is 0.100. The molecule has 122 valence electrons. The van der Waals surface area contributed by atoms with E-state index in [4.69, 9.17) is 4.42 Å². The summed E-state index contributed by atoms with van der Waals surface area (Å²) in [5.74, 6) is 0.133. The van der Waals surface area contributed by atoms with E-state index in [0.29, 0.717) is 30.3 Å². The first-order chi connectivity index (χ1) is 10.9. The molecule has 1 aromatic heterocycles. The number of rotatable bonds is 5. The van der Waals surface area contributed by atoms with Crippen molar-refractivity contribution in [1.29, 1.82) is 0 Å². The third-order valence-corrected chi connectivity index (χ3v) is 4.12. The zero-order chi connectivity index (χ0) is 16.6. The number of carbonyl (C=O) groups is 1. The van der Waals surface area contributed by atoms with Gasteiger partial charge in [0.05, 0.1) is 7.05 Å². The highest BCUT2D eigenvalue weighted by atomic mass is 16.4. The lowest BCUT2D eigenvalue weighted by Crippen LogP contribution is -3.09. The van der Waals surface area contributed by atoms with Crippen molar-refractivity contribution in [2.45, 2.75) is 32.4 Å². The molecule has 0 aliphatic heterocycles. The van der Waals surface area contributed by atoms with Gasteiger partial charge in [0.2, 0.25) is 0 Å². The molecule has 3 N–H and O–H groups in total. The summed E-state index contributed by atoms with van der Waals surface area (Å²) in [5, 5.41) is 13.5. The molecule has 23 heavy (non-hydrogen) atoms. The lowest BCUT2D eigenvalue weighted by atomic mass is 10.1.